The Morgan fingerprint density at radius 3 is 2.29 bits per heavy atom. The Bertz CT molecular complexity index is 145. The minimum absolute atomic E-state index is 0.207. The van der Waals surface area contributed by atoms with E-state index < -0.39 is 0 Å². The zero-order chi connectivity index (χ0) is 11.2. The van der Waals surface area contributed by atoms with E-state index in [1.165, 1.54) is 0 Å². The summed E-state index contributed by atoms with van der Waals surface area (Å²) in [6.45, 7) is 10.4. The Labute approximate surface area is 93.4 Å². The second-order valence-corrected chi connectivity index (χ2v) is 5.68. The van der Waals surface area contributed by atoms with E-state index in [0.29, 0.717) is 5.41 Å². The second-order valence-electron chi connectivity index (χ2n) is 5.07. The lowest BCUT2D eigenvalue weighted by atomic mass is 9.90. The van der Waals surface area contributed by atoms with Gasteiger partial charge in [-0.2, -0.15) is 0 Å². The van der Waals surface area contributed by atoms with Crippen molar-refractivity contribution >= 4 is 11.6 Å². The van der Waals surface area contributed by atoms with Crippen LogP contribution in [-0.4, -0.2) is 31.7 Å². The van der Waals surface area contributed by atoms with E-state index in [0.717, 1.165) is 19.5 Å². The summed E-state index contributed by atoms with van der Waals surface area (Å²) in [5.41, 5.74) is 0.307. The first-order chi connectivity index (χ1) is 6.35. The van der Waals surface area contributed by atoms with Crippen LogP contribution in [0, 0.1) is 5.41 Å². The quantitative estimate of drug-likeness (QED) is 0.697. The zero-order valence-corrected chi connectivity index (χ0v) is 10.8. The lowest BCUT2D eigenvalue weighted by Gasteiger charge is -2.22. The highest BCUT2D eigenvalue weighted by Crippen LogP contribution is 2.23. The molecule has 86 valence electrons. The molecule has 0 aromatic carbocycles. The van der Waals surface area contributed by atoms with Gasteiger partial charge in [0.1, 0.15) is 0 Å². The summed E-state index contributed by atoms with van der Waals surface area (Å²) >= 11 is 6.19. The molecule has 0 aromatic rings. The van der Waals surface area contributed by atoms with E-state index in [-0.39, 0.29) is 11.5 Å². The Balaban J connectivity index is 3.50. The number of nitrogens with one attached hydrogen (secondary N) is 1. The van der Waals surface area contributed by atoms with Crippen molar-refractivity contribution in [3.63, 3.8) is 0 Å². The van der Waals surface area contributed by atoms with Gasteiger partial charge in [0.2, 0.25) is 0 Å². The maximum absolute atomic E-state index is 6.19. The number of rotatable bonds is 6. The van der Waals surface area contributed by atoms with Crippen LogP contribution in [0.25, 0.3) is 0 Å². The minimum atomic E-state index is 0.207. The molecule has 3 heteroatoms. The average molecular weight is 222 g/mol. The largest absolute Gasteiger partial charge is 0.380 e. The highest BCUT2D eigenvalue weighted by molar-refractivity contribution is 6.20. The number of hydrogen-bond donors (Lipinski definition) is 1. The molecule has 0 saturated heterocycles. The molecule has 0 aliphatic rings. The molecule has 2 atom stereocenters. The van der Waals surface area contributed by atoms with E-state index in [9.17, 15) is 0 Å². The summed E-state index contributed by atoms with van der Waals surface area (Å²) in [6, 6.07) is 0. The Hall–Kier alpha value is 0.210. The smallest absolute Gasteiger partial charge is 0.0667 e. The van der Waals surface area contributed by atoms with Crippen molar-refractivity contribution in [2.24, 2.45) is 5.41 Å². The zero-order valence-electron chi connectivity index (χ0n) is 10.1. The molecule has 0 bridgehead atoms. The van der Waals surface area contributed by atoms with E-state index in [1.54, 1.807) is 7.11 Å². The lowest BCUT2D eigenvalue weighted by Crippen LogP contribution is -2.32. The predicted octanol–water partition coefficient (Wildman–Crippen LogP) is 2.65. The molecule has 0 aliphatic heterocycles. The molecule has 0 aromatic heterocycles. The van der Waals surface area contributed by atoms with Crippen LogP contribution in [0.15, 0.2) is 0 Å². The normalized spacial score (nSPS) is 16.7. The fraction of sp³-hybridized carbons (Fsp3) is 1.00. The first kappa shape index (κ1) is 14.2. The number of alkyl halides is 1. The molecule has 14 heavy (non-hydrogen) atoms. The van der Waals surface area contributed by atoms with E-state index in [4.69, 9.17) is 16.3 Å². The average Bonchev–Trinajstić information content (AvgIpc) is 2.00. The lowest BCUT2D eigenvalue weighted by molar-refractivity contribution is 0.117. The van der Waals surface area contributed by atoms with Gasteiger partial charge in [-0.05, 0) is 18.8 Å². The molecule has 2 nitrogen and oxygen atoms in total. The van der Waals surface area contributed by atoms with Crippen LogP contribution in [0.2, 0.25) is 0 Å². The molecule has 2 unspecified atom stereocenters. The van der Waals surface area contributed by atoms with Crippen molar-refractivity contribution in [3.8, 4) is 0 Å². The first-order valence-corrected chi connectivity index (χ1v) is 5.66. The van der Waals surface area contributed by atoms with Gasteiger partial charge in [-0.1, -0.05) is 20.8 Å². The summed E-state index contributed by atoms with van der Waals surface area (Å²) < 4.78 is 5.13. The van der Waals surface area contributed by atoms with Crippen LogP contribution >= 0.6 is 11.6 Å². The summed E-state index contributed by atoms with van der Waals surface area (Å²) in [5.74, 6) is 0. The number of ether oxygens (including phenoxy) is 1. The van der Waals surface area contributed by atoms with Gasteiger partial charge < -0.3 is 10.1 Å². The highest BCUT2D eigenvalue weighted by Gasteiger charge is 2.16. The first-order valence-electron chi connectivity index (χ1n) is 5.22. The third-order valence-corrected chi connectivity index (χ3v) is 2.34. The van der Waals surface area contributed by atoms with Gasteiger partial charge >= 0.3 is 0 Å². The van der Waals surface area contributed by atoms with Crippen molar-refractivity contribution in [3.05, 3.63) is 0 Å². The van der Waals surface area contributed by atoms with Crippen molar-refractivity contribution < 1.29 is 4.74 Å². The van der Waals surface area contributed by atoms with Gasteiger partial charge in [-0.3, -0.25) is 0 Å². The SMILES string of the molecule is COC(C)CNCC(Cl)CC(C)(C)C. The van der Waals surface area contributed by atoms with Gasteiger partial charge in [0.15, 0.2) is 0 Å². The van der Waals surface area contributed by atoms with E-state index >= 15 is 0 Å². The summed E-state index contributed by atoms with van der Waals surface area (Å²) in [5, 5.41) is 3.51. The van der Waals surface area contributed by atoms with E-state index in [2.05, 4.69) is 26.1 Å². The van der Waals surface area contributed by atoms with Crippen LogP contribution in [0.5, 0.6) is 0 Å². The van der Waals surface area contributed by atoms with Crippen LogP contribution in [0.3, 0.4) is 0 Å². The maximum Gasteiger partial charge on any atom is 0.0667 e. The van der Waals surface area contributed by atoms with Gasteiger partial charge in [-0.25, -0.2) is 0 Å². The molecular formula is C11H24ClNO. The third kappa shape index (κ3) is 8.79. The Morgan fingerprint density at radius 2 is 1.86 bits per heavy atom. The highest BCUT2D eigenvalue weighted by atomic mass is 35.5. The second kappa shape index (κ2) is 6.65. The van der Waals surface area contributed by atoms with Crippen LogP contribution in [0.4, 0.5) is 0 Å². The minimum Gasteiger partial charge on any atom is -0.380 e. The van der Waals surface area contributed by atoms with Crippen LogP contribution < -0.4 is 5.32 Å². The number of halogens is 1. The van der Waals surface area contributed by atoms with Gasteiger partial charge in [0.25, 0.3) is 0 Å². The number of hydrogen-bond acceptors (Lipinski definition) is 2. The molecule has 0 radical (unpaired) electrons. The fourth-order valence-corrected chi connectivity index (χ4v) is 1.84. The molecule has 1 N–H and O–H groups in total. The number of methoxy groups -OCH3 is 1. The van der Waals surface area contributed by atoms with Gasteiger partial charge in [0, 0.05) is 25.6 Å². The van der Waals surface area contributed by atoms with Crippen LogP contribution in [-0.2, 0) is 4.74 Å². The van der Waals surface area contributed by atoms with Gasteiger partial charge in [0.05, 0.1) is 6.10 Å². The molecule has 0 aliphatic carbocycles. The molecule has 0 saturated carbocycles. The topological polar surface area (TPSA) is 21.3 Å². The molecule has 0 spiro atoms. The maximum atomic E-state index is 6.19. The monoisotopic (exact) mass is 221 g/mol. The van der Waals surface area contributed by atoms with Crippen molar-refractivity contribution in [2.75, 3.05) is 20.2 Å². The van der Waals surface area contributed by atoms with Crippen molar-refractivity contribution in [2.45, 2.75) is 45.6 Å². The fourth-order valence-electron chi connectivity index (χ4n) is 1.26. The van der Waals surface area contributed by atoms with Crippen molar-refractivity contribution in [1.29, 1.82) is 0 Å². The summed E-state index contributed by atoms with van der Waals surface area (Å²) in [4.78, 5) is 0. The van der Waals surface area contributed by atoms with Gasteiger partial charge in [-0.15, -0.1) is 11.6 Å². The summed E-state index contributed by atoms with van der Waals surface area (Å²) in [6.07, 6.45) is 1.29. The van der Waals surface area contributed by atoms with Crippen molar-refractivity contribution in [1.82, 2.24) is 5.32 Å². The standard InChI is InChI=1S/C11H24ClNO/c1-9(14-5)7-13-8-10(12)6-11(2,3)4/h9-10,13H,6-8H2,1-5H3. The molecule has 0 amide bonds. The molecular weight excluding hydrogens is 198 g/mol. The third-order valence-electron chi connectivity index (χ3n) is 2.03. The molecule has 0 heterocycles. The van der Waals surface area contributed by atoms with E-state index in [1.807, 2.05) is 6.92 Å². The van der Waals surface area contributed by atoms with Crippen LogP contribution in [0.1, 0.15) is 34.1 Å². The Kier molecular flexibility index (Phi) is 6.75. The molecule has 0 fully saturated rings. The molecule has 0 rings (SSSR count). The predicted molar refractivity (Wildman–Crippen MR) is 63.1 cm³/mol. The summed E-state index contributed by atoms with van der Waals surface area (Å²) in [7, 11) is 1.72. The Morgan fingerprint density at radius 1 is 1.29 bits per heavy atom.